The van der Waals surface area contributed by atoms with Gasteiger partial charge in [-0.2, -0.15) is 0 Å². The van der Waals surface area contributed by atoms with Crippen molar-refractivity contribution in [1.29, 1.82) is 0 Å². The third kappa shape index (κ3) is 7.68. The molecule has 0 N–H and O–H groups in total. The van der Waals surface area contributed by atoms with Gasteiger partial charge < -0.3 is 4.57 Å². The van der Waals surface area contributed by atoms with Crippen LogP contribution in [0.2, 0.25) is 0 Å². The van der Waals surface area contributed by atoms with Gasteiger partial charge in [-0.05, 0) is 87.9 Å². The second-order valence-electron chi connectivity index (χ2n) is 19.4. The highest BCUT2D eigenvalue weighted by molar-refractivity contribution is 7.79. The summed E-state index contributed by atoms with van der Waals surface area (Å²) in [5.74, 6) is 0. The lowest BCUT2D eigenvalue weighted by molar-refractivity contribution is 0.588. The van der Waals surface area contributed by atoms with Crippen molar-refractivity contribution in [3.05, 3.63) is 218 Å². The molecule has 0 saturated carbocycles. The molecule has 70 heavy (non-hydrogen) atoms. The minimum atomic E-state index is -2.38. The Labute approximate surface area is 408 Å². The van der Waals surface area contributed by atoms with Crippen molar-refractivity contribution >= 4 is 118 Å². The lowest BCUT2D eigenvalue weighted by Gasteiger charge is -2.16. The van der Waals surface area contributed by atoms with Crippen molar-refractivity contribution in [2.45, 2.75) is 0 Å². The van der Waals surface area contributed by atoms with Crippen molar-refractivity contribution in [2.24, 2.45) is 0 Å². The number of benzene rings is 11. The summed E-state index contributed by atoms with van der Waals surface area (Å²) in [6.45, 7) is 6.89. The van der Waals surface area contributed by atoms with Gasteiger partial charge in [-0.1, -0.05) is 219 Å². The summed E-state index contributed by atoms with van der Waals surface area (Å²) in [6, 6.07) is 77.7. The first kappa shape index (κ1) is 43.6. The van der Waals surface area contributed by atoms with E-state index in [0.29, 0.717) is 0 Å². The maximum atomic E-state index is 12.9. The number of nitrogens with zero attached hydrogens (tertiary/aromatic N) is 2. The monoisotopic (exact) mass is 936 g/mol. The van der Waals surface area contributed by atoms with E-state index in [4.69, 9.17) is 9.97 Å². The van der Waals surface area contributed by atoms with Crippen molar-refractivity contribution in [1.82, 2.24) is 9.97 Å². The molecule has 0 fully saturated rings. The molecule has 5 heteroatoms. The summed E-state index contributed by atoms with van der Waals surface area (Å²) in [4.78, 5) is 10.6. The number of rotatable bonds is 5. The fourth-order valence-electron chi connectivity index (χ4n) is 10.4. The van der Waals surface area contributed by atoms with Gasteiger partial charge in [0.05, 0.1) is 22.1 Å². The zero-order valence-electron chi connectivity index (χ0n) is 39.7. The Morgan fingerprint density at radius 2 is 0.671 bits per heavy atom. The van der Waals surface area contributed by atoms with E-state index in [9.17, 15) is 4.57 Å². The van der Waals surface area contributed by atoms with Crippen LogP contribution in [0.5, 0.6) is 0 Å². The normalized spacial score (nSPS) is 12.1. The van der Waals surface area contributed by atoms with Crippen LogP contribution in [0.15, 0.2) is 218 Å². The minimum Gasteiger partial charge on any atom is -0.319 e. The van der Waals surface area contributed by atoms with Crippen LogP contribution in [-0.4, -0.2) is 42.9 Å². The van der Waals surface area contributed by atoms with Crippen LogP contribution in [0.1, 0.15) is 0 Å². The Hall–Kier alpha value is -7.67. The molecule has 13 rings (SSSR count). The molecule has 2 heterocycles. The van der Waals surface area contributed by atoms with E-state index in [1.807, 2.05) is 25.5 Å². The summed E-state index contributed by atoms with van der Waals surface area (Å²) in [7, 11) is -2.38. The van der Waals surface area contributed by atoms with Gasteiger partial charge in [0.2, 0.25) is 0 Å². The first-order valence-electron chi connectivity index (χ1n) is 23.8. The first-order valence-corrected chi connectivity index (χ1v) is 29.3. The Morgan fingerprint density at radius 3 is 1.06 bits per heavy atom. The molecule has 0 aliphatic rings. The fraction of sp³-hybridized carbons (Fsp3) is 0.0615. The molecule has 0 atom stereocenters. The number of aromatic nitrogens is 2. The number of pyridine rings is 2. The predicted octanol–water partition coefficient (Wildman–Crippen LogP) is 17.0. The van der Waals surface area contributed by atoms with E-state index in [2.05, 4.69) is 226 Å². The van der Waals surface area contributed by atoms with Crippen molar-refractivity contribution in [3.63, 3.8) is 0 Å². The van der Waals surface area contributed by atoms with Crippen molar-refractivity contribution < 1.29 is 4.57 Å². The van der Waals surface area contributed by atoms with Gasteiger partial charge in [0.1, 0.15) is 7.14 Å². The quantitative estimate of drug-likeness (QED) is 0.0981. The van der Waals surface area contributed by atoms with Gasteiger partial charge >= 0.3 is 0 Å². The van der Waals surface area contributed by atoms with E-state index in [1.54, 1.807) is 0 Å². The third-order valence-electron chi connectivity index (χ3n) is 13.9. The Morgan fingerprint density at radius 1 is 0.314 bits per heavy atom. The Kier molecular flexibility index (Phi) is 10.6. The lowest BCUT2D eigenvalue weighted by atomic mass is 9.91. The largest absolute Gasteiger partial charge is 0.319 e. The molecule has 2 aromatic heterocycles. The van der Waals surface area contributed by atoms with Crippen molar-refractivity contribution in [2.75, 3.05) is 26.7 Å². The van der Waals surface area contributed by atoms with Gasteiger partial charge in [-0.25, -0.2) is 9.97 Å². The molecule has 3 nitrogen and oxygen atoms in total. The number of fused-ring (bicyclic) bond motifs is 12. The summed E-state index contributed by atoms with van der Waals surface area (Å²) in [6.07, 6.45) is 4.40. The number of hydrogen-bond acceptors (Lipinski definition) is 3. The zero-order chi connectivity index (χ0) is 47.7. The lowest BCUT2D eigenvalue weighted by Crippen LogP contribution is -2.03. The maximum absolute atomic E-state index is 12.9. The molecule has 0 aliphatic carbocycles. The molecule has 0 unspecified atom stereocenters. The van der Waals surface area contributed by atoms with Crippen molar-refractivity contribution in [3.8, 4) is 33.4 Å². The zero-order valence-corrected chi connectivity index (χ0v) is 41.5. The first-order chi connectivity index (χ1) is 34.0. The highest BCUT2D eigenvalue weighted by Crippen LogP contribution is 2.44. The SMILES string of the molecule is C=P(C)(C)c1ccc(-c2cccc(-c3c4ccc5ccccc5c4nc4c3ccc3ccccc34)c2)cc1.CP(C)(=O)c1cccc(-c2c3ccc4ccccc4c3nc3c2ccc2ccccc23)c1. The van der Waals surface area contributed by atoms with Crippen LogP contribution in [-0.2, 0) is 4.57 Å². The predicted molar refractivity (Wildman–Crippen MR) is 309 cm³/mol. The van der Waals surface area contributed by atoms with Gasteiger partial charge in [0.25, 0.3) is 0 Å². The van der Waals surface area contributed by atoms with Crippen LogP contribution in [0.25, 0.3) is 120 Å². The molecular formula is C65H50N2OP2. The molecule has 13 aromatic rings. The smallest absolute Gasteiger partial charge is 0.109 e. The molecular weight excluding hydrogens is 887 g/mol. The summed E-state index contributed by atoms with van der Waals surface area (Å²) in [5, 5.41) is 16.3. The van der Waals surface area contributed by atoms with Crippen LogP contribution < -0.4 is 10.6 Å². The van der Waals surface area contributed by atoms with Crippen LogP contribution in [0, 0.1) is 0 Å². The van der Waals surface area contributed by atoms with Gasteiger partial charge in [0.15, 0.2) is 0 Å². The van der Waals surface area contributed by atoms with E-state index in [1.165, 1.54) is 70.6 Å². The summed E-state index contributed by atoms with van der Waals surface area (Å²) in [5.41, 5.74) is 11.2. The van der Waals surface area contributed by atoms with Crippen LogP contribution in [0.3, 0.4) is 0 Å². The molecule has 0 aliphatic heterocycles. The van der Waals surface area contributed by atoms with E-state index in [-0.39, 0.29) is 0 Å². The number of hydrogen-bond donors (Lipinski definition) is 0. The molecule has 0 spiro atoms. The Balaban J connectivity index is 0.000000146. The van der Waals surface area contributed by atoms with Gasteiger partial charge in [-0.15, -0.1) is 0 Å². The molecule has 0 bridgehead atoms. The average Bonchev–Trinajstić information content (AvgIpc) is 3.39. The van der Waals surface area contributed by atoms with E-state index < -0.39 is 14.0 Å². The van der Waals surface area contributed by atoms with Gasteiger partial charge in [-0.3, -0.25) is 0 Å². The van der Waals surface area contributed by atoms with Crippen LogP contribution in [0.4, 0.5) is 0 Å². The second kappa shape index (κ2) is 17.1. The highest BCUT2D eigenvalue weighted by Gasteiger charge is 2.19. The van der Waals surface area contributed by atoms with E-state index >= 15 is 0 Å². The fourth-order valence-corrected chi connectivity index (χ4v) is 12.2. The van der Waals surface area contributed by atoms with Gasteiger partial charge in [0, 0.05) is 59.5 Å². The standard InChI is InChI=1S/C36H28NP.C29H22NOP/c1-38(2,3)29-19-15-24(16-20-29)27-11-8-12-28(23-27)34-32-21-17-25-9-4-6-13-30(25)35(32)37-36-31-14-7-5-10-26(31)18-22-33(34)36;1-32(2,31)22-11-7-10-21(18-22)27-25-16-14-19-8-3-5-12-23(19)28(25)30-29-24-13-6-4-9-20(24)15-17-26(27)29/h4-23H,1H2,2-3H3;3-18H,1-2H3. The average molecular weight is 937 g/mol. The van der Waals surface area contributed by atoms with E-state index in [0.717, 1.165) is 60.0 Å². The Bertz CT molecular complexity index is 4170. The molecule has 0 saturated heterocycles. The second-order valence-corrected chi connectivity index (χ2v) is 26.5. The maximum Gasteiger partial charge on any atom is 0.109 e. The highest BCUT2D eigenvalue weighted by atomic mass is 31.2. The molecule has 0 amide bonds. The van der Waals surface area contributed by atoms with Crippen LogP contribution >= 0.6 is 14.0 Å². The topological polar surface area (TPSA) is 42.9 Å². The molecule has 11 aromatic carbocycles. The third-order valence-corrected chi connectivity index (χ3v) is 17.2. The molecule has 0 radical (unpaired) electrons. The summed E-state index contributed by atoms with van der Waals surface area (Å²) < 4.78 is 12.9. The summed E-state index contributed by atoms with van der Waals surface area (Å²) >= 11 is 0. The molecule has 336 valence electrons. The minimum absolute atomic E-state index is 0.898.